The van der Waals surface area contributed by atoms with E-state index < -0.39 is 29.7 Å². The Balaban J connectivity index is 1.23. The number of piperidine rings is 1. The Labute approximate surface area is 210 Å². The highest BCUT2D eigenvalue weighted by Crippen LogP contribution is 2.35. The van der Waals surface area contributed by atoms with Gasteiger partial charge in [0.05, 0.1) is 6.54 Å². The lowest BCUT2D eigenvalue weighted by atomic mass is 10.0. The van der Waals surface area contributed by atoms with Gasteiger partial charge in [0, 0.05) is 49.1 Å². The van der Waals surface area contributed by atoms with E-state index in [-0.39, 0.29) is 25.1 Å². The molecule has 0 saturated carbocycles. The zero-order valence-corrected chi connectivity index (χ0v) is 20.0. The van der Waals surface area contributed by atoms with Crippen molar-refractivity contribution < 1.29 is 23.7 Å². The van der Waals surface area contributed by atoms with Crippen molar-refractivity contribution in [3.8, 4) is 22.8 Å². The Hall–Kier alpha value is -4.61. The number of hydrogen-bond donors (Lipinski definition) is 1. The van der Waals surface area contributed by atoms with Crippen LogP contribution in [0, 0.1) is 0 Å². The lowest BCUT2D eigenvalue weighted by Crippen LogP contribution is -2.55. The molecular formula is C25H23N7O5. The standard InChI is InChI=1S/C25H23N7O5/c1-30-11-9-26-22(30)15-5-2-4-14(12-15)21-28-19(37-29-21)13-31-10-3-6-16-20(31)25(36)32(24(16)35)17-7-8-18(33)27-23(17)34/h2,4-5,9,11-12,17H,3,6-8,10,13H2,1H3,(H,27,33,34). The molecule has 1 fully saturated rings. The van der Waals surface area contributed by atoms with Gasteiger partial charge in [-0.25, -0.2) is 4.98 Å². The van der Waals surface area contributed by atoms with E-state index in [4.69, 9.17) is 4.52 Å². The number of imide groups is 2. The Morgan fingerprint density at radius 3 is 2.73 bits per heavy atom. The molecule has 1 N–H and O–H groups in total. The van der Waals surface area contributed by atoms with Gasteiger partial charge in [-0.1, -0.05) is 23.4 Å². The van der Waals surface area contributed by atoms with E-state index in [1.54, 1.807) is 11.1 Å². The van der Waals surface area contributed by atoms with E-state index in [1.807, 2.05) is 42.1 Å². The molecule has 6 rings (SSSR count). The molecule has 37 heavy (non-hydrogen) atoms. The zero-order chi connectivity index (χ0) is 25.7. The van der Waals surface area contributed by atoms with Gasteiger partial charge in [0.15, 0.2) is 0 Å². The summed E-state index contributed by atoms with van der Waals surface area (Å²) in [4.78, 5) is 62.0. The fourth-order valence-corrected chi connectivity index (χ4v) is 5.10. The number of benzene rings is 1. The molecule has 1 aromatic carbocycles. The number of carbonyl (C=O) groups is 4. The summed E-state index contributed by atoms with van der Waals surface area (Å²) in [5.74, 6) is -0.533. The van der Waals surface area contributed by atoms with Crippen molar-refractivity contribution in [2.24, 2.45) is 7.05 Å². The maximum atomic E-state index is 13.3. The number of carbonyl (C=O) groups excluding carboxylic acids is 4. The van der Waals surface area contributed by atoms with E-state index in [1.165, 1.54) is 0 Å². The number of aryl methyl sites for hydroxylation is 1. The molecule has 188 valence electrons. The van der Waals surface area contributed by atoms with E-state index in [0.29, 0.717) is 36.7 Å². The fourth-order valence-electron chi connectivity index (χ4n) is 5.10. The number of nitrogens with zero attached hydrogens (tertiary/aromatic N) is 6. The molecule has 3 aromatic rings. The van der Waals surface area contributed by atoms with Crippen LogP contribution >= 0.6 is 0 Å². The van der Waals surface area contributed by atoms with Crippen LogP contribution < -0.4 is 5.32 Å². The molecule has 12 nitrogen and oxygen atoms in total. The van der Waals surface area contributed by atoms with Crippen LogP contribution in [-0.2, 0) is 32.8 Å². The predicted molar refractivity (Wildman–Crippen MR) is 127 cm³/mol. The first kappa shape index (κ1) is 22.8. The van der Waals surface area contributed by atoms with Crippen molar-refractivity contribution in [1.82, 2.24) is 34.8 Å². The number of nitrogens with one attached hydrogen (secondary N) is 1. The summed E-state index contributed by atoms with van der Waals surface area (Å²) in [6.45, 7) is 0.667. The number of aromatic nitrogens is 4. The van der Waals surface area contributed by atoms with Crippen molar-refractivity contribution >= 4 is 23.6 Å². The van der Waals surface area contributed by atoms with Gasteiger partial charge in [0.1, 0.15) is 17.6 Å². The second-order valence-electron chi connectivity index (χ2n) is 9.25. The summed E-state index contributed by atoms with van der Waals surface area (Å²) in [7, 11) is 1.92. The molecule has 1 atom stereocenters. The van der Waals surface area contributed by atoms with Gasteiger partial charge < -0.3 is 14.0 Å². The van der Waals surface area contributed by atoms with Crippen LogP contribution in [0.4, 0.5) is 0 Å². The molecular weight excluding hydrogens is 478 g/mol. The van der Waals surface area contributed by atoms with Crippen LogP contribution in [0.5, 0.6) is 0 Å². The SMILES string of the molecule is Cn1ccnc1-c1cccc(-c2noc(CN3CCCC4=C3C(=O)N(C3CCC(=O)NC3=O)C4=O)n2)c1. The number of imidazole rings is 1. The third kappa shape index (κ3) is 3.90. The minimum absolute atomic E-state index is 0.0773. The highest BCUT2D eigenvalue weighted by molar-refractivity contribution is 6.21. The molecule has 0 radical (unpaired) electrons. The Kier molecular flexibility index (Phi) is 5.43. The van der Waals surface area contributed by atoms with Crippen molar-refractivity contribution in [3.63, 3.8) is 0 Å². The average Bonchev–Trinajstić information content (AvgIpc) is 3.59. The summed E-state index contributed by atoms with van der Waals surface area (Å²) in [6, 6.07) is 6.65. The largest absolute Gasteiger partial charge is 0.357 e. The topological polar surface area (TPSA) is 144 Å². The molecule has 4 amide bonds. The van der Waals surface area contributed by atoms with E-state index in [9.17, 15) is 19.2 Å². The van der Waals surface area contributed by atoms with Crippen LogP contribution in [0.25, 0.3) is 22.8 Å². The zero-order valence-electron chi connectivity index (χ0n) is 20.0. The lowest BCUT2D eigenvalue weighted by molar-refractivity contribution is -0.150. The molecule has 12 heteroatoms. The highest BCUT2D eigenvalue weighted by atomic mass is 16.5. The third-order valence-electron chi connectivity index (χ3n) is 6.87. The van der Waals surface area contributed by atoms with Crippen molar-refractivity contribution in [2.75, 3.05) is 6.54 Å². The first-order valence-corrected chi connectivity index (χ1v) is 12.0. The smallest absolute Gasteiger partial charge is 0.278 e. The van der Waals surface area contributed by atoms with Crippen molar-refractivity contribution in [1.29, 1.82) is 0 Å². The van der Waals surface area contributed by atoms with Crippen molar-refractivity contribution in [3.05, 3.63) is 53.8 Å². The first-order chi connectivity index (χ1) is 17.9. The minimum atomic E-state index is -0.994. The van der Waals surface area contributed by atoms with Crippen LogP contribution in [0.1, 0.15) is 31.6 Å². The minimum Gasteiger partial charge on any atom is -0.357 e. The molecule has 1 unspecified atom stereocenters. The van der Waals surface area contributed by atoms with Gasteiger partial charge in [-0.3, -0.25) is 29.4 Å². The van der Waals surface area contributed by atoms with E-state index in [0.717, 1.165) is 21.9 Å². The monoisotopic (exact) mass is 501 g/mol. The molecule has 3 aliphatic heterocycles. The highest BCUT2D eigenvalue weighted by Gasteiger charge is 2.48. The van der Waals surface area contributed by atoms with E-state index in [2.05, 4.69) is 20.4 Å². The fraction of sp³-hybridized carbons (Fsp3) is 0.320. The summed E-state index contributed by atoms with van der Waals surface area (Å²) >= 11 is 0. The van der Waals surface area contributed by atoms with Gasteiger partial charge in [-0.05, 0) is 25.3 Å². The maximum Gasteiger partial charge on any atom is 0.278 e. The summed E-state index contributed by atoms with van der Waals surface area (Å²) in [6.07, 6.45) is 4.89. The summed E-state index contributed by atoms with van der Waals surface area (Å²) < 4.78 is 7.42. The molecule has 1 saturated heterocycles. The Morgan fingerprint density at radius 1 is 1.11 bits per heavy atom. The summed E-state index contributed by atoms with van der Waals surface area (Å²) in [5, 5.41) is 6.34. The Morgan fingerprint density at radius 2 is 1.95 bits per heavy atom. The molecule has 5 heterocycles. The molecule has 2 aromatic heterocycles. The molecule has 3 aliphatic rings. The second kappa shape index (κ2) is 8.80. The number of hydrogen-bond acceptors (Lipinski definition) is 9. The maximum absolute atomic E-state index is 13.3. The van der Waals surface area contributed by atoms with Crippen LogP contribution in [-0.4, -0.2) is 65.7 Å². The lowest BCUT2D eigenvalue weighted by Gasteiger charge is -2.29. The van der Waals surface area contributed by atoms with Gasteiger partial charge in [-0.2, -0.15) is 4.98 Å². The van der Waals surface area contributed by atoms with Crippen molar-refractivity contribution in [2.45, 2.75) is 38.3 Å². The van der Waals surface area contributed by atoms with E-state index >= 15 is 0 Å². The molecule has 0 aliphatic carbocycles. The van der Waals surface area contributed by atoms with Gasteiger partial charge in [0.2, 0.25) is 23.5 Å². The van der Waals surface area contributed by atoms with Crippen LogP contribution in [0.3, 0.4) is 0 Å². The molecule has 0 spiro atoms. The number of rotatable bonds is 5. The summed E-state index contributed by atoms with van der Waals surface area (Å²) in [5.41, 5.74) is 2.30. The van der Waals surface area contributed by atoms with Crippen LogP contribution in [0.15, 0.2) is 52.5 Å². The predicted octanol–water partition coefficient (Wildman–Crippen LogP) is 1.16. The average molecular weight is 502 g/mol. The Bertz CT molecular complexity index is 1490. The second-order valence-corrected chi connectivity index (χ2v) is 9.25. The third-order valence-corrected chi connectivity index (χ3v) is 6.87. The first-order valence-electron chi connectivity index (χ1n) is 12.0. The molecule has 0 bridgehead atoms. The quantitative estimate of drug-likeness (QED) is 0.509. The van der Waals surface area contributed by atoms with Gasteiger partial charge in [-0.15, -0.1) is 0 Å². The van der Waals surface area contributed by atoms with Gasteiger partial charge in [0.25, 0.3) is 11.8 Å². The normalized spacial score (nSPS) is 20.1. The van der Waals surface area contributed by atoms with Crippen LogP contribution in [0.2, 0.25) is 0 Å². The van der Waals surface area contributed by atoms with Gasteiger partial charge >= 0.3 is 0 Å². The number of amides is 4.